The highest BCUT2D eigenvalue weighted by atomic mass is 79.9. The van der Waals surface area contributed by atoms with E-state index in [1.807, 2.05) is 0 Å². The van der Waals surface area contributed by atoms with Crippen LogP contribution in [0.15, 0.2) is 51.2 Å². The molecule has 15 heteroatoms. The first kappa shape index (κ1) is 30.2. The van der Waals surface area contributed by atoms with Crippen LogP contribution in [0.2, 0.25) is 0 Å². The molecule has 0 saturated carbocycles. The topological polar surface area (TPSA) is 183 Å². The first-order valence-corrected chi connectivity index (χ1v) is 12.6. The molecule has 0 bridgehead atoms. The number of amides is 2. The fourth-order valence-corrected chi connectivity index (χ4v) is 4.46. The predicted octanol–water partition coefficient (Wildman–Crippen LogP) is 2.89. The smallest absolute Gasteiger partial charge is 0.337 e. The van der Waals surface area contributed by atoms with Crippen LogP contribution in [0.5, 0.6) is 17.2 Å². The molecular formula is C25H28BrN5O9. The number of hydrazone groups is 1. The van der Waals surface area contributed by atoms with Crippen molar-refractivity contribution in [1.82, 2.24) is 16.1 Å². The molecule has 40 heavy (non-hydrogen) atoms. The summed E-state index contributed by atoms with van der Waals surface area (Å²) in [6.07, 6.45) is 0.0463. The van der Waals surface area contributed by atoms with Crippen LogP contribution in [0.25, 0.3) is 0 Å². The van der Waals surface area contributed by atoms with Crippen LogP contribution in [0.4, 0.5) is 10.5 Å². The van der Waals surface area contributed by atoms with Gasteiger partial charge in [-0.25, -0.2) is 9.59 Å². The molecule has 0 radical (unpaired) electrons. The lowest BCUT2D eigenvalue weighted by atomic mass is 9.95. The number of esters is 1. The minimum atomic E-state index is -1.25. The number of methoxy groups -OCH3 is 2. The lowest BCUT2D eigenvalue weighted by Crippen LogP contribution is -2.45. The molecule has 1 aliphatic heterocycles. The zero-order valence-electron chi connectivity index (χ0n) is 22.0. The number of aliphatic hydroxyl groups excluding tert-OH is 1. The number of nitrogens with one attached hydrogen (secondary N) is 3. The third-order valence-electron chi connectivity index (χ3n) is 5.56. The van der Waals surface area contributed by atoms with Gasteiger partial charge in [-0.1, -0.05) is 6.07 Å². The minimum absolute atomic E-state index is 0.0786. The summed E-state index contributed by atoms with van der Waals surface area (Å²) in [6.45, 7) is 3.44. The lowest BCUT2D eigenvalue weighted by molar-refractivity contribution is -0.385. The summed E-state index contributed by atoms with van der Waals surface area (Å²) in [5.41, 5.74) is 3.77. The molecule has 0 spiro atoms. The number of urea groups is 1. The van der Waals surface area contributed by atoms with E-state index in [1.165, 1.54) is 26.5 Å². The van der Waals surface area contributed by atoms with E-state index in [-0.39, 0.29) is 23.6 Å². The van der Waals surface area contributed by atoms with Crippen molar-refractivity contribution < 1.29 is 38.6 Å². The Morgan fingerprint density at radius 1 is 1.27 bits per heavy atom. The van der Waals surface area contributed by atoms with Crippen molar-refractivity contribution in [2.45, 2.75) is 26.1 Å². The molecule has 1 aliphatic rings. The van der Waals surface area contributed by atoms with Gasteiger partial charge in [0.25, 0.3) is 0 Å². The molecule has 0 saturated heterocycles. The first-order chi connectivity index (χ1) is 19.1. The molecule has 0 aliphatic carbocycles. The molecule has 0 aromatic heterocycles. The molecule has 1 heterocycles. The van der Waals surface area contributed by atoms with Crippen LogP contribution < -0.4 is 30.3 Å². The summed E-state index contributed by atoms with van der Waals surface area (Å²) in [5, 5.41) is 30.8. The Labute approximate surface area is 237 Å². The average Bonchev–Trinajstić information content (AvgIpc) is 2.91. The van der Waals surface area contributed by atoms with Crippen LogP contribution in [-0.4, -0.2) is 61.9 Å². The Kier molecular flexibility index (Phi) is 10.3. The van der Waals surface area contributed by atoms with Gasteiger partial charge in [0.15, 0.2) is 17.7 Å². The van der Waals surface area contributed by atoms with Gasteiger partial charge in [-0.2, -0.15) is 5.10 Å². The maximum Gasteiger partial charge on any atom is 0.337 e. The Morgan fingerprint density at radius 2 is 2.02 bits per heavy atom. The quantitative estimate of drug-likeness (QED) is 0.0903. The average molecular weight is 622 g/mol. The van der Waals surface area contributed by atoms with Crippen molar-refractivity contribution in [1.29, 1.82) is 0 Å². The number of benzene rings is 2. The number of hydrogen-bond acceptors (Lipinski definition) is 11. The van der Waals surface area contributed by atoms with E-state index in [0.29, 0.717) is 39.4 Å². The van der Waals surface area contributed by atoms with Crippen LogP contribution in [0, 0.1) is 10.1 Å². The summed E-state index contributed by atoms with van der Waals surface area (Å²) < 4.78 is 21.7. The molecule has 3 rings (SSSR count). The Bertz CT molecular complexity index is 1350. The number of ether oxygens (including phenoxy) is 4. The second-order valence-electron chi connectivity index (χ2n) is 8.23. The van der Waals surface area contributed by atoms with Gasteiger partial charge in [0.2, 0.25) is 5.75 Å². The largest absolute Gasteiger partial charge is 0.490 e. The van der Waals surface area contributed by atoms with Crippen molar-refractivity contribution in [2.75, 3.05) is 27.4 Å². The summed E-state index contributed by atoms with van der Waals surface area (Å²) in [6, 6.07) is 6.45. The number of rotatable bonds is 12. The molecule has 14 nitrogen and oxygen atoms in total. The number of carbonyl (C=O) groups is 2. The van der Waals surface area contributed by atoms with Gasteiger partial charge in [0.1, 0.15) is 6.61 Å². The van der Waals surface area contributed by atoms with Crippen molar-refractivity contribution >= 4 is 39.8 Å². The molecule has 4 N–H and O–H groups in total. The van der Waals surface area contributed by atoms with Gasteiger partial charge in [0.05, 0.1) is 48.1 Å². The number of hydrogen-bond donors (Lipinski definition) is 4. The van der Waals surface area contributed by atoms with Crippen molar-refractivity contribution in [3.8, 4) is 17.2 Å². The Morgan fingerprint density at radius 3 is 2.67 bits per heavy atom. The van der Waals surface area contributed by atoms with Crippen LogP contribution >= 0.6 is 15.9 Å². The van der Waals surface area contributed by atoms with Gasteiger partial charge in [0, 0.05) is 17.3 Å². The van der Waals surface area contributed by atoms with Gasteiger partial charge >= 0.3 is 17.7 Å². The first-order valence-electron chi connectivity index (χ1n) is 11.8. The molecule has 0 fully saturated rings. The summed E-state index contributed by atoms with van der Waals surface area (Å²) in [7, 11) is 2.58. The highest BCUT2D eigenvalue weighted by molar-refractivity contribution is 9.10. The lowest BCUT2D eigenvalue weighted by Gasteiger charge is -2.28. The summed E-state index contributed by atoms with van der Waals surface area (Å²) in [5.74, 6) is 0.0981. The third-order valence-corrected chi connectivity index (χ3v) is 6.15. The van der Waals surface area contributed by atoms with Gasteiger partial charge in [-0.3, -0.25) is 15.5 Å². The molecule has 0 unspecified atom stereocenters. The zero-order chi connectivity index (χ0) is 29.4. The van der Waals surface area contributed by atoms with Crippen LogP contribution in [-0.2, 0) is 9.53 Å². The van der Waals surface area contributed by atoms with Crippen molar-refractivity contribution in [3.63, 3.8) is 0 Å². The monoisotopic (exact) mass is 621 g/mol. The predicted molar refractivity (Wildman–Crippen MR) is 146 cm³/mol. The second kappa shape index (κ2) is 13.6. The van der Waals surface area contributed by atoms with Crippen molar-refractivity contribution in [2.24, 2.45) is 5.10 Å². The highest BCUT2D eigenvalue weighted by Gasteiger charge is 2.32. The molecular weight excluding hydrogens is 594 g/mol. The molecule has 2 atom stereocenters. The number of aliphatic hydroxyl groups is 1. The Hall–Kier alpha value is -4.37. The summed E-state index contributed by atoms with van der Waals surface area (Å²) >= 11 is 3.23. The van der Waals surface area contributed by atoms with Gasteiger partial charge < -0.3 is 34.7 Å². The van der Waals surface area contributed by atoms with E-state index in [9.17, 15) is 24.8 Å². The van der Waals surface area contributed by atoms with E-state index in [4.69, 9.17) is 18.9 Å². The molecule has 2 aromatic rings. The normalized spacial score (nSPS) is 15.7. The minimum Gasteiger partial charge on any atom is -0.490 e. The SMILES string of the molecule is CCOc1cc([C@H]2NC(=O)NC(C)=C2C(=O)OC)ccc1OC[C@@H](O)N/N=C\c1cc(Br)c(OC)c([N+](=O)[O-])c1. The number of nitro benzene ring substituents is 1. The van der Waals surface area contributed by atoms with Crippen LogP contribution in [0.1, 0.15) is 31.0 Å². The second-order valence-corrected chi connectivity index (χ2v) is 9.08. The highest BCUT2D eigenvalue weighted by Crippen LogP contribution is 2.36. The van der Waals surface area contributed by atoms with Crippen LogP contribution in [0.3, 0.4) is 0 Å². The standard InChI is InChI=1S/C25H28BrN5O9/c1-5-39-19-10-15(22-21(24(33)38-4)13(2)28-25(34)29-22)6-7-18(19)40-12-20(32)30-27-11-14-8-16(26)23(37-3)17(9-14)31(35)36/h6-11,20,22,30,32H,5,12H2,1-4H3,(H2,28,29,34)/b27-11-/t20-,22-/m1/s1. The van der Waals surface area contributed by atoms with E-state index < -0.39 is 29.2 Å². The molecule has 2 amide bonds. The van der Waals surface area contributed by atoms with E-state index in [1.54, 1.807) is 38.1 Å². The third kappa shape index (κ3) is 7.18. The zero-order valence-corrected chi connectivity index (χ0v) is 23.6. The summed E-state index contributed by atoms with van der Waals surface area (Å²) in [4.78, 5) is 35.2. The van der Waals surface area contributed by atoms with E-state index in [2.05, 4.69) is 37.1 Å². The molecule has 214 valence electrons. The van der Waals surface area contributed by atoms with E-state index in [0.717, 1.165) is 0 Å². The number of nitro groups is 1. The number of halogens is 1. The maximum absolute atomic E-state index is 12.4. The van der Waals surface area contributed by atoms with Crippen molar-refractivity contribution in [3.05, 3.63) is 67.3 Å². The van der Waals surface area contributed by atoms with Gasteiger partial charge in [-0.05, 0) is 53.5 Å². The fourth-order valence-electron chi connectivity index (χ4n) is 3.83. The number of allylic oxidation sites excluding steroid dienone is 1. The maximum atomic E-state index is 12.4. The van der Waals surface area contributed by atoms with Gasteiger partial charge in [-0.15, -0.1) is 0 Å². The van der Waals surface area contributed by atoms with E-state index >= 15 is 0 Å². The molecule has 2 aromatic carbocycles. The number of carbonyl (C=O) groups excluding carboxylic acids is 2. The fraction of sp³-hybridized carbons (Fsp3) is 0.320. The Balaban J connectivity index is 1.71. The number of nitrogens with zero attached hydrogens (tertiary/aromatic N) is 2.